The largest absolute Gasteiger partial charge is 0.394 e. The second-order valence-corrected chi connectivity index (χ2v) is 7.65. The summed E-state index contributed by atoms with van der Waals surface area (Å²) in [6, 6.07) is 7.73. The Morgan fingerprint density at radius 1 is 1.20 bits per heavy atom. The fourth-order valence-corrected chi connectivity index (χ4v) is 3.32. The van der Waals surface area contributed by atoms with Crippen molar-refractivity contribution in [2.45, 2.75) is 52.0 Å². The number of rotatable bonds is 3. The number of aliphatic hydroxyl groups excluding tert-OH is 1. The summed E-state index contributed by atoms with van der Waals surface area (Å²) in [5.41, 5.74) is 1.23. The van der Waals surface area contributed by atoms with Gasteiger partial charge in [0.25, 0.3) is 0 Å². The molecule has 0 atom stereocenters. The molecule has 1 aromatic carbocycles. The fraction of sp³-hybridized carbons (Fsp3) is 0.647. The highest BCUT2D eigenvalue weighted by atomic mass is 35.5. The van der Waals surface area contributed by atoms with Gasteiger partial charge < -0.3 is 10.4 Å². The highest BCUT2D eigenvalue weighted by molar-refractivity contribution is 6.30. The number of benzene rings is 1. The molecule has 1 aliphatic rings. The average molecular weight is 296 g/mol. The first kappa shape index (κ1) is 15.7. The topological polar surface area (TPSA) is 32.3 Å². The van der Waals surface area contributed by atoms with E-state index in [0.29, 0.717) is 5.41 Å². The molecule has 0 radical (unpaired) electrons. The summed E-state index contributed by atoms with van der Waals surface area (Å²) in [5, 5.41) is 14.1. The van der Waals surface area contributed by atoms with Gasteiger partial charge in [-0.1, -0.05) is 32.4 Å². The Bertz CT molecular complexity index is 427. The molecule has 1 aliphatic carbocycles. The molecule has 0 aliphatic heterocycles. The van der Waals surface area contributed by atoms with E-state index >= 15 is 0 Å². The van der Waals surface area contributed by atoms with Crippen LogP contribution in [0, 0.1) is 11.3 Å². The summed E-state index contributed by atoms with van der Waals surface area (Å²) in [7, 11) is 0. The quantitative estimate of drug-likeness (QED) is 0.846. The molecule has 2 nitrogen and oxygen atoms in total. The minimum atomic E-state index is -0.171. The number of hydrogen-bond acceptors (Lipinski definition) is 2. The second kappa shape index (κ2) is 5.95. The zero-order valence-electron chi connectivity index (χ0n) is 12.7. The van der Waals surface area contributed by atoms with E-state index in [-0.39, 0.29) is 12.1 Å². The Hall–Kier alpha value is -0.730. The first-order valence-corrected chi connectivity index (χ1v) is 7.87. The van der Waals surface area contributed by atoms with Gasteiger partial charge in [-0.3, -0.25) is 0 Å². The molecular weight excluding hydrogens is 270 g/mol. The van der Waals surface area contributed by atoms with Crippen molar-refractivity contribution < 1.29 is 5.11 Å². The van der Waals surface area contributed by atoms with Crippen molar-refractivity contribution in [2.75, 3.05) is 11.9 Å². The van der Waals surface area contributed by atoms with Gasteiger partial charge in [-0.2, -0.15) is 0 Å². The predicted molar refractivity (Wildman–Crippen MR) is 86.3 cm³/mol. The molecule has 0 saturated heterocycles. The lowest BCUT2D eigenvalue weighted by atomic mass is 9.67. The van der Waals surface area contributed by atoms with Crippen LogP contribution >= 0.6 is 11.6 Å². The van der Waals surface area contributed by atoms with Crippen molar-refractivity contribution in [2.24, 2.45) is 11.3 Å². The van der Waals surface area contributed by atoms with Gasteiger partial charge in [0.15, 0.2) is 0 Å². The Morgan fingerprint density at radius 3 is 2.20 bits per heavy atom. The Balaban J connectivity index is 2.03. The number of hydrogen-bond donors (Lipinski definition) is 2. The number of aliphatic hydroxyl groups is 1. The molecule has 0 bridgehead atoms. The van der Waals surface area contributed by atoms with Gasteiger partial charge in [0.05, 0.1) is 12.1 Å². The van der Waals surface area contributed by atoms with Crippen LogP contribution in [0.25, 0.3) is 0 Å². The summed E-state index contributed by atoms with van der Waals surface area (Å²) in [4.78, 5) is 0. The van der Waals surface area contributed by atoms with Crippen molar-refractivity contribution in [3.8, 4) is 0 Å². The molecule has 1 aromatic rings. The Labute approximate surface area is 127 Å². The lowest BCUT2D eigenvalue weighted by Gasteiger charge is -2.44. The third-order valence-corrected chi connectivity index (χ3v) is 4.98. The SMILES string of the molecule is CC(C)(C)C1CCC(CO)(Nc2ccc(Cl)cc2)CC1. The molecule has 3 heteroatoms. The van der Waals surface area contributed by atoms with Gasteiger partial charge in [-0.25, -0.2) is 0 Å². The van der Waals surface area contributed by atoms with Crippen molar-refractivity contribution >= 4 is 17.3 Å². The molecule has 2 rings (SSSR count). The summed E-state index contributed by atoms with van der Waals surface area (Å²) >= 11 is 5.92. The van der Waals surface area contributed by atoms with Crippen molar-refractivity contribution in [1.29, 1.82) is 0 Å². The highest BCUT2D eigenvalue weighted by Crippen LogP contribution is 2.42. The van der Waals surface area contributed by atoms with E-state index in [0.717, 1.165) is 29.5 Å². The van der Waals surface area contributed by atoms with Crippen LogP contribution in [0.1, 0.15) is 46.5 Å². The summed E-state index contributed by atoms with van der Waals surface area (Å²) < 4.78 is 0. The third kappa shape index (κ3) is 3.67. The summed E-state index contributed by atoms with van der Waals surface area (Å²) in [6.45, 7) is 7.13. The maximum Gasteiger partial charge on any atom is 0.0661 e. The van der Waals surface area contributed by atoms with Crippen molar-refractivity contribution in [3.63, 3.8) is 0 Å². The normalized spacial score (nSPS) is 27.4. The second-order valence-electron chi connectivity index (χ2n) is 7.21. The number of halogens is 1. The lowest BCUT2D eigenvalue weighted by molar-refractivity contribution is 0.104. The number of anilines is 1. The fourth-order valence-electron chi connectivity index (χ4n) is 3.20. The van der Waals surface area contributed by atoms with Crippen LogP contribution in [0.3, 0.4) is 0 Å². The van der Waals surface area contributed by atoms with Crippen LogP contribution in [-0.2, 0) is 0 Å². The van der Waals surface area contributed by atoms with Gasteiger partial charge in [-0.15, -0.1) is 0 Å². The molecule has 112 valence electrons. The minimum Gasteiger partial charge on any atom is -0.394 e. The molecule has 0 spiro atoms. The molecular formula is C17H26ClNO. The molecule has 2 N–H and O–H groups in total. The molecule has 0 unspecified atom stereocenters. The van der Waals surface area contributed by atoms with Gasteiger partial charge in [-0.05, 0) is 61.3 Å². The Kier molecular flexibility index (Phi) is 4.66. The van der Waals surface area contributed by atoms with Crippen LogP contribution in [0.5, 0.6) is 0 Å². The van der Waals surface area contributed by atoms with Crippen LogP contribution in [-0.4, -0.2) is 17.3 Å². The predicted octanol–water partition coefficient (Wildman–Crippen LogP) is 4.72. The summed E-state index contributed by atoms with van der Waals surface area (Å²) in [5.74, 6) is 0.745. The van der Waals surface area contributed by atoms with Gasteiger partial charge >= 0.3 is 0 Å². The monoisotopic (exact) mass is 295 g/mol. The van der Waals surface area contributed by atoms with E-state index in [1.807, 2.05) is 24.3 Å². The first-order chi connectivity index (χ1) is 9.35. The molecule has 0 heterocycles. The maximum atomic E-state index is 9.86. The zero-order valence-corrected chi connectivity index (χ0v) is 13.5. The van der Waals surface area contributed by atoms with E-state index < -0.39 is 0 Å². The van der Waals surface area contributed by atoms with Crippen molar-refractivity contribution in [3.05, 3.63) is 29.3 Å². The van der Waals surface area contributed by atoms with Crippen LogP contribution < -0.4 is 5.32 Å². The van der Waals surface area contributed by atoms with E-state index in [4.69, 9.17) is 11.6 Å². The molecule has 1 fully saturated rings. The maximum absolute atomic E-state index is 9.86. The minimum absolute atomic E-state index is 0.171. The molecule has 0 aromatic heterocycles. The van der Waals surface area contributed by atoms with E-state index in [9.17, 15) is 5.11 Å². The number of nitrogens with one attached hydrogen (secondary N) is 1. The van der Waals surface area contributed by atoms with Gasteiger partial charge in [0.1, 0.15) is 0 Å². The summed E-state index contributed by atoms with van der Waals surface area (Å²) in [6.07, 6.45) is 4.39. The van der Waals surface area contributed by atoms with Crippen molar-refractivity contribution in [1.82, 2.24) is 0 Å². The van der Waals surface area contributed by atoms with E-state index in [1.165, 1.54) is 12.8 Å². The van der Waals surface area contributed by atoms with Gasteiger partial charge in [0, 0.05) is 10.7 Å². The Morgan fingerprint density at radius 2 is 1.75 bits per heavy atom. The molecule has 20 heavy (non-hydrogen) atoms. The smallest absolute Gasteiger partial charge is 0.0661 e. The van der Waals surface area contributed by atoms with E-state index in [2.05, 4.69) is 26.1 Å². The van der Waals surface area contributed by atoms with Crippen LogP contribution in [0.2, 0.25) is 5.02 Å². The van der Waals surface area contributed by atoms with E-state index in [1.54, 1.807) is 0 Å². The zero-order chi connectivity index (χ0) is 14.8. The van der Waals surface area contributed by atoms with Gasteiger partial charge in [0.2, 0.25) is 0 Å². The average Bonchev–Trinajstić information content (AvgIpc) is 2.41. The molecule has 1 saturated carbocycles. The van der Waals surface area contributed by atoms with Crippen LogP contribution in [0.15, 0.2) is 24.3 Å². The first-order valence-electron chi connectivity index (χ1n) is 7.49. The molecule has 0 amide bonds. The lowest BCUT2D eigenvalue weighted by Crippen LogP contribution is -2.46. The third-order valence-electron chi connectivity index (χ3n) is 4.72. The highest BCUT2D eigenvalue weighted by Gasteiger charge is 2.38. The van der Waals surface area contributed by atoms with Crippen LogP contribution in [0.4, 0.5) is 5.69 Å². The standard InChI is InChI=1S/C17H26ClNO/c1-16(2,3)13-8-10-17(12-20,11-9-13)19-15-6-4-14(18)5-7-15/h4-7,13,19-20H,8-12H2,1-3H3.